The molecule has 1 unspecified atom stereocenters. The van der Waals surface area contributed by atoms with E-state index in [2.05, 4.69) is 26.0 Å². The maximum absolute atomic E-state index is 12.2. The minimum atomic E-state index is -0.557. The Bertz CT molecular complexity index is 436. The lowest BCUT2D eigenvalue weighted by Gasteiger charge is -2.05. The van der Waals surface area contributed by atoms with E-state index in [0.717, 1.165) is 32.1 Å². The zero-order chi connectivity index (χ0) is 22.1. The number of hydrogen-bond acceptors (Lipinski definition) is 2. The average Bonchev–Trinajstić information content (AvgIpc) is 2.75. The van der Waals surface area contributed by atoms with Gasteiger partial charge >= 0.3 is 0 Å². The van der Waals surface area contributed by atoms with Crippen LogP contribution in [0.3, 0.4) is 0 Å². The van der Waals surface area contributed by atoms with Crippen LogP contribution in [-0.2, 0) is 9.59 Å². The van der Waals surface area contributed by atoms with Crippen molar-refractivity contribution in [3.63, 3.8) is 0 Å². The molecular weight excluding hydrogens is 368 g/mol. The highest BCUT2D eigenvalue weighted by atomic mass is 16.1. The number of rotatable bonds is 23. The zero-order valence-electron chi connectivity index (χ0n) is 20.1. The van der Waals surface area contributed by atoms with Gasteiger partial charge < -0.3 is 0 Å². The van der Waals surface area contributed by atoms with Crippen LogP contribution < -0.4 is 0 Å². The van der Waals surface area contributed by atoms with Crippen LogP contribution in [0.1, 0.15) is 136 Å². The van der Waals surface area contributed by atoms with E-state index in [1.54, 1.807) is 6.08 Å². The summed E-state index contributed by atoms with van der Waals surface area (Å²) in [6, 6.07) is 0. The molecule has 0 spiro atoms. The van der Waals surface area contributed by atoms with Crippen molar-refractivity contribution in [1.29, 1.82) is 0 Å². The number of carbonyl (C=O) groups is 1. The molecule has 0 saturated heterocycles. The SMILES string of the molecule is CCCC/C=C\CCCCCCC([C]=O)C(=O)C=CCCCCCCCCCCC. The molecule has 0 aromatic rings. The summed E-state index contributed by atoms with van der Waals surface area (Å²) < 4.78 is 0. The lowest BCUT2D eigenvalue weighted by atomic mass is 9.97. The standard InChI is InChI=1S/C28H49O2/c1-3-5-7-9-11-13-15-17-19-21-23-25-28(30)27(26-29)24-22-20-18-16-14-12-10-8-6-4-2/h10,12,23,25,27H,3-9,11,13-22,24H2,1-2H3/b12-10-,25-23?. The van der Waals surface area contributed by atoms with Gasteiger partial charge in [-0.2, -0.15) is 0 Å². The van der Waals surface area contributed by atoms with E-state index in [1.165, 1.54) is 83.5 Å². The summed E-state index contributed by atoms with van der Waals surface area (Å²) in [5, 5.41) is 0. The molecule has 0 rings (SSSR count). The van der Waals surface area contributed by atoms with Gasteiger partial charge in [0, 0.05) is 0 Å². The van der Waals surface area contributed by atoms with Crippen LogP contribution in [0.4, 0.5) is 0 Å². The van der Waals surface area contributed by atoms with E-state index in [4.69, 9.17) is 0 Å². The fraction of sp³-hybridized carbons (Fsp3) is 0.786. The maximum atomic E-state index is 12.2. The van der Waals surface area contributed by atoms with Crippen LogP contribution in [0.2, 0.25) is 0 Å². The highest BCUT2D eigenvalue weighted by Gasteiger charge is 2.15. The van der Waals surface area contributed by atoms with Gasteiger partial charge in [0.2, 0.25) is 6.29 Å². The van der Waals surface area contributed by atoms with Gasteiger partial charge in [-0.05, 0) is 44.6 Å². The normalized spacial score (nSPS) is 12.7. The Kier molecular flexibility index (Phi) is 23.1. The molecule has 0 aromatic carbocycles. The van der Waals surface area contributed by atoms with Crippen LogP contribution >= 0.6 is 0 Å². The predicted molar refractivity (Wildman–Crippen MR) is 132 cm³/mol. The number of ketones is 1. The largest absolute Gasteiger partial charge is 0.294 e. The molecule has 2 nitrogen and oxygen atoms in total. The molecule has 173 valence electrons. The summed E-state index contributed by atoms with van der Waals surface area (Å²) in [6.45, 7) is 4.47. The van der Waals surface area contributed by atoms with Crippen molar-refractivity contribution in [1.82, 2.24) is 0 Å². The third-order valence-corrected chi connectivity index (χ3v) is 5.75. The molecule has 0 aromatic heterocycles. The second-order valence-electron chi connectivity index (χ2n) is 8.70. The molecule has 1 atom stereocenters. The van der Waals surface area contributed by atoms with Crippen molar-refractivity contribution in [2.75, 3.05) is 0 Å². The molecule has 1 radical (unpaired) electrons. The van der Waals surface area contributed by atoms with E-state index in [1.807, 2.05) is 12.4 Å². The van der Waals surface area contributed by atoms with Gasteiger partial charge in [0.05, 0.1) is 5.92 Å². The van der Waals surface area contributed by atoms with Gasteiger partial charge in [-0.3, -0.25) is 9.59 Å². The topological polar surface area (TPSA) is 34.1 Å². The first-order valence-corrected chi connectivity index (χ1v) is 13.0. The van der Waals surface area contributed by atoms with Gasteiger partial charge in [0.15, 0.2) is 5.78 Å². The van der Waals surface area contributed by atoms with E-state index in [-0.39, 0.29) is 5.78 Å². The van der Waals surface area contributed by atoms with Crippen LogP contribution in [0.5, 0.6) is 0 Å². The molecule has 0 bridgehead atoms. The van der Waals surface area contributed by atoms with Crippen molar-refractivity contribution in [2.24, 2.45) is 5.92 Å². The van der Waals surface area contributed by atoms with Crippen molar-refractivity contribution < 1.29 is 9.59 Å². The fourth-order valence-corrected chi connectivity index (χ4v) is 3.67. The van der Waals surface area contributed by atoms with Crippen LogP contribution in [-0.4, -0.2) is 12.1 Å². The van der Waals surface area contributed by atoms with E-state index >= 15 is 0 Å². The van der Waals surface area contributed by atoms with Gasteiger partial charge in [-0.1, -0.05) is 116 Å². The maximum Gasteiger partial charge on any atom is 0.209 e. The monoisotopic (exact) mass is 417 g/mol. The Morgan fingerprint density at radius 2 is 1.10 bits per heavy atom. The predicted octanol–water partition coefficient (Wildman–Crippen LogP) is 8.85. The minimum absolute atomic E-state index is 0.0558. The number of carbonyl (C=O) groups excluding carboxylic acids is 2. The molecule has 2 heteroatoms. The number of unbranched alkanes of at least 4 members (excludes halogenated alkanes) is 15. The van der Waals surface area contributed by atoms with E-state index in [9.17, 15) is 9.59 Å². The van der Waals surface area contributed by atoms with Gasteiger partial charge in [-0.15, -0.1) is 0 Å². The Labute approximate surface area is 188 Å². The highest BCUT2D eigenvalue weighted by Crippen LogP contribution is 2.14. The Balaban J connectivity index is 3.63. The van der Waals surface area contributed by atoms with Crippen LogP contribution in [0.25, 0.3) is 0 Å². The summed E-state index contributed by atoms with van der Waals surface area (Å²) in [7, 11) is 0. The van der Waals surface area contributed by atoms with E-state index in [0.29, 0.717) is 6.42 Å². The minimum Gasteiger partial charge on any atom is -0.294 e. The average molecular weight is 418 g/mol. The molecule has 0 N–H and O–H groups in total. The summed E-state index contributed by atoms with van der Waals surface area (Å²) in [4.78, 5) is 23.3. The van der Waals surface area contributed by atoms with Crippen LogP contribution in [0, 0.1) is 5.92 Å². The summed E-state index contributed by atoms with van der Waals surface area (Å²) >= 11 is 0. The molecule has 0 saturated carbocycles. The first-order valence-electron chi connectivity index (χ1n) is 13.0. The van der Waals surface area contributed by atoms with Gasteiger partial charge in [0.1, 0.15) is 0 Å². The lowest BCUT2D eigenvalue weighted by molar-refractivity contribution is -0.116. The van der Waals surface area contributed by atoms with Crippen molar-refractivity contribution in [2.45, 2.75) is 136 Å². The summed E-state index contributed by atoms with van der Waals surface area (Å²) in [5.41, 5.74) is 0. The van der Waals surface area contributed by atoms with E-state index < -0.39 is 5.92 Å². The zero-order valence-corrected chi connectivity index (χ0v) is 20.1. The molecule has 30 heavy (non-hydrogen) atoms. The molecule has 0 amide bonds. The first-order chi connectivity index (χ1) is 14.8. The summed E-state index contributed by atoms with van der Waals surface area (Å²) in [5.74, 6) is -0.613. The second-order valence-corrected chi connectivity index (χ2v) is 8.70. The molecule has 0 aliphatic heterocycles. The van der Waals surface area contributed by atoms with Crippen molar-refractivity contribution in [3.05, 3.63) is 24.3 Å². The third kappa shape index (κ3) is 20.1. The fourth-order valence-electron chi connectivity index (χ4n) is 3.67. The smallest absolute Gasteiger partial charge is 0.209 e. The van der Waals surface area contributed by atoms with Crippen molar-refractivity contribution >= 4 is 12.1 Å². The molecule has 0 heterocycles. The lowest BCUT2D eigenvalue weighted by Crippen LogP contribution is -2.13. The van der Waals surface area contributed by atoms with Gasteiger partial charge in [0.25, 0.3) is 0 Å². The van der Waals surface area contributed by atoms with Crippen molar-refractivity contribution in [3.8, 4) is 0 Å². The third-order valence-electron chi connectivity index (χ3n) is 5.75. The first kappa shape index (κ1) is 28.8. The quantitative estimate of drug-likeness (QED) is 0.0720. The molecular formula is C28H49O2. The Morgan fingerprint density at radius 1 is 0.633 bits per heavy atom. The molecule has 0 aliphatic carbocycles. The highest BCUT2D eigenvalue weighted by molar-refractivity contribution is 6.00. The molecule has 0 fully saturated rings. The Morgan fingerprint density at radius 3 is 1.67 bits per heavy atom. The summed E-state index contributed by atoms with van der Waals surface area (Å²) in [6.07, 6.45) is 32.8. The second kappa shape index (κ2) is 24.1. The Hall–Kier alpha value is -1.18. The van der Waals surface area contributed by atoms with Crippen LogP contribution in [0.15, 0.2) is 24.3 Å². The number of hydrogen-bond donors (Lipinski definition) is 0. The van der Waals surface area contributed by atoms with Gasteiger partial charge in [-0.25, -0.2) is 0 Å². The molecule has 0 aliphatic rings. The number of allylic oxidation sites excluding steroid dienone is 4.